The van der Waals surface area contributed by atoms with Gasteiger partial charge in [-0.2, -0.15) is 0 Å². The highest BCUT2D eigenvalue weighted by Crippen LogP contribution is 2.39. The molecule has 0 saturated heterocycles. The lowest BCUT2D eigenvalue weighted by atomic mass is 9.73. The van der Waals surface area contributed by atoms with E-state index < -0.39 is 0 Å². The van der Waals surface area contributed by atoms with Gasteiger partial charge in [-0.25, -0.2) is 0 Å². The molecule has 3 rings (SSSR count). The molecule has 0 heteroatoms. The fourth-order valence-electron chi connectivity index (χ4n) is 3.30. The zero-order chi connectivity index (χ0) is 19.7. The van der Waals surface area contributed by atoms with Crippen molar-refractivity contribution in [1.29, 1.82) is 0 Å². The molecule has 1 aliphatic rings. The first-order valence-electron chi connectivity index (χ1n) is 9.77. The van der Waals surface area contributed by atoms with Crippen molar-refractivity contribution in [3.63, 3.8) is 0 Å². The molecular formula is C27H30. The van der Waals surface area contributed by atoms with Crippen molar-refractivity contribution in [1.82, 2.24) is 0 Å². The molecule has 0 aromatic heterocycles. The predicted octanol–water partition coefficient (Wildman–Crippen LogP) is 7.28. The van der Waals surface area contributed by atoms with Crippen molar-refractivity contribution in [2.75, 3.05) is 0 Å². The van der Waals surface area contributed by atoms with Gasteiger partial charge in [-0.05, 0) is 67.9 Å². The number of hydrogen-bond donors (Lipinski definition) is 0. The lowest BCUT2D eigenvalue weighted by Crippen LogP contribution is -2.21. The molecular weight excluding hydrogens is 324 g/mol. The van der Waals surface area contributed by atoms with Gasteiger partial charge >= 0.3 is 0 Å². The summed E-state index contributed by atoms with van der Waals surface area (Å²) < 4.78 is 0. The monoisotopic (exact) mass is 354 g/mol. The van der Waals surface area contributed by atoms with Gasteiger partial charge in [0.1, 0.15) is 0 Å². The summed E-state index contributed by atoms with van der Waals surface area (Å²) in [5.41, 5.74) is 7.75. The van der Waals surface area contributed by atoms with Crippen molar-refractivity contribution in [2.45, 2.75) is 53.4 Å². The summed E-state index contributed by atoms with van der Waals surface area (Å²) in [6.07, 6.45) is 7.72. The van der Waals surface area contributed by atoms with Gasteiger partial charge in [0, 0.05) is 11.0 Å². The van der Waals surface area contributed by atoms with Crippen LogP contribution in [0.2, 0.25) is 0 Å². The van der Waals surface area contributed by atoms with E-state index in [4.69, 9.17) is 0 Å². The molecule has 1 aliphatic carbocycles. The third kappa shape index (κ3) is 4.81. The van der Waals surface area contributed by atoms with Crippen LogP contribution < -0.4 is 0 Å². The van der Waals surface area contributed by atoms with Crippen molar-refractivity contribution >= 4 is 17.7 Å². The summed E-state index contributed by atoms with van der Waals surface area (Å²) in [6.45, 7) is 13.2. The Hall–Kier alpha value is -2.52. The first-order chi connectivity index (χ1) is 12.6. The smallest absolute Gasteiger partial charge is 0.0281 e. The Morgan fingerprint density at radius 3 is 2.22 bits per heavy atom. The van der Waals surface area contributed by atoms with Crippen LogP contribution in [-0.2, 0) is 5.41 Å². The fourth-order valence-corrected chi connectivity index (χ4v) is 3.30. The Balaban J connectivity index is 1.98. The lowest BCUT2D eigenvalue weighted by molar-refractivity contribution is 0.527. The van der Waals surface area contributed by atoms with Gasteiger partial charge in [-0.3, -0.25) is 0 Å². The molecule has 0 bridgehead atoms. The minimum Gasteiger partial charge on any atom is -0.0919 e. The van der Waals surface area contributed by atoms with E-state index in [1.54, 1.807) is 0 Å². The number of fused-ring (bicyclic) bond motifs is 1. The van der Waals surface area contributed by atoms with Crippen LogP contribution in [0.5, 0.6) is 0 Å². The molecule has 138 valence electrons. The van der Waals surface area contributed by atoms with Crippen LogP contribution in [0.1, 0.15) is 68.9 Å². The van der Waals surface area contributed by atoms with E-state index in [0.717, 1.165) is 6.42 Å². The van der Waals surface area contributed by atoms with E-state index in [2.05, 4.69) is 114 Å². The van der Waals surface area contributed by atoms with E-state index in [1.807, 2.05) is 0 Å². The molecule has 0 spiro atoms. The summed E-state index contributed by atoms with van der Waals surface area (Å²) in [6, 6.07) is 15.4. The molecule has 0 aliphatic heterocycles. The maximum atomic E-state index is 3.45. The van der Waals surface area contributed by atoms with E-state index >= 15 is 0 Å². The topological polar surface area (TPSA) is 0 Å². The van der Waals surface area contributed by atoms with Gasteiger partial charge in [-0.15, -0.1) is 0 Å². The van der Waals surface area contributed by atoms with E-state index in [0.29, 0.717) is 0 Å². The van der Waals surface area contributed by atoms with E-state index in [9.17, 15) is 0 Å². The van der Waals surface area contributed by atoms with Gasteiger partial charge in [0.05, 0.1) is 0 Å². The number of hydrogen-bond acceptors (Lipinski definition) is 0. The van der Waals surface area contributed by atoms with Crippen molar-refractivity contribution in [2.24, 2.45) is 5.41 Å². The van der Waals surface area contributed by atoms with Crippen LogP contribution in [0, 0.1) is 24.2 Å². The molecule has 0 atom stereocenters. The third-order valence-electron chi connectivity index (χ3n) is 5.00. The van der Waals surface area contributed by atoms with E-state index in [1.165, 1.54) is 33.4 Å². The van der Waals surface area contributed by atoms with Gasteiger partial charge in [0.15, 0.2) is 0 Å². The average Bonchev–Trinajstić information content (AvgIpc) is 2.59. The second kappa shape index (κ2) is 7.24. The molecule has 0 heterocycles. The molecule has 0 unspecified atom stereocenters. The minimum absolute atomic E-state index is 0.0108. The number of aryl methyl sites for hydroxylation is 1. The van der Waals surface area contributed by atoms with Crippen LogP contribution in [0.4, 0.5) is 0 Å². The summed E-state index contributed by atoms with van der Waals surface area (Å²) in [7, 11) is 0. The molecule has 2 aromatic rings. The molecule has 0 fully saturated rings. The van der Waals surface area contributed by atoms with Crippen LogP contribution >= 0.6 is 0 Å². The SMILES string of the molecule is Cc1ccc(/C=C/c2ccc3c(c2)C(C#CC(C)(C)C)=CCC3(C)C)cc1. The van der Waals surface area contributed by atoms with Crippen LogP contribution in [-0.4, -0.2) is 0 Å². The molecule has 0 saturated carbocycles. The van der Waals surface area contributed by atoms with Crippen molar-refractivity contribution in [3.8, 4) is 11.8 Å². The second-order valence-electron chi connectivity index (χ2n) is 9.25. The largest absolute Gasteiger partial charge is 0.0919 e. The van der Waals surface area contributed by atoms with Crippen LogP contribution in [0.3, 0.4) is 0 Å². The summed E-state index contributed by atoms with van der Waals surface area (Å²) in [4.78, 5) is 0. The first kappa shape index (κ1) is 19.2. The maximum Gasteiger partial charge on any atom is 0.0281 e. The molecule has 0 radical (unpaired) electrons. The quantitative estimate of drug-likeness (QED) is 0.392. The van der Waals surface area contributed by atoms with E-state index in [-0.39, 0.29) is 10.8 Å². The van der Waals surface area contributed by atoms with Crippen LogP contribution in [0.25, 0.3) is 17.7 Å². The standard InChI is InChI=1S/C27H30/c1-20-7-9-21(10-8-20)11-12-22-13-14-25-24(19-22)23(15-17-26(2,3)4)16-18-27(25,5)6/h7-14,16,19H,18H2,1-6H3/b12-11+. The zero-order valence-electron chi connectivity index (χ0n) is 17.5. The summed E-state index contributed by atoms with van der Waals surface area (Å²) in [5.74, 6) is 6.86. The van der Waals surface area contributed by atoms with Gasteiger partial charge in [-0.1, -0.05) is 85.9 Å². The Morgan fingerprint density at radius 1 is 0.926 bits per heavy atom. The number of allylic oxidation sites excluding steroid dienone is 2. The summed E-state index contributed by atoms with van der Waals surface area (Å²) >= 11 is 0. The summed E-state index contributed by atoms with van der Waals surface area (Å²) in [5, 5.41) is 0. The highest BCUT2D eigenvalue weighted by atomic mass is 14.3. The Kier molecular flexibility index (Phi) is 5.16. The van der Waals surface area contributed by atoms with Gasteiger partial charge in [0.25, 0.3) is 0 Å². The fraction of sp³-hybridized carbons (Fsp3) is 0.333. The highest BCUT2D eigenvalue weighted by Gasteiger charge is 2.27. The maximum absolute atomic E-state index is 3.45. The minimum atomic E-state index is 0.0108. The average molecular weight is 355 g/mol. The van der Waals surface area contributed by atoms with Crippen molar-refractivity contribution in [3.05, 3.63) is 76.4 Å². The Morgan fingerprint density at radius 2 is 1.56 bits per heavy atom. The van der Waals surface area contributed by atoms with Crippen molar-refractivity contribution < 1.29 is 0 Å². The molecule has 27 heavy (non-hydrogen) atoms. The molecule has 0 nitrogen and oxygen atoms in total. The highest BCUT2D eigenvalue weighted by molar-refractivity contribution is 5.84. The predicted molar refractivity (Wildman–Crippen MR) is 119 cm³/mol. The third-order valence-corrected chi connectivity index (χ3v) is 5.00. The zero-order valence-corrected chi connectivity index (χ0v) is 17.5. The molecule has 2 aromatic carbocycles. The van der Waals surface area contributed by atoms with Gasteiger partial charge in [0.2, 0.25) is 0 Å². The first-order valence-corrected chi connectivity index (χ1v) is 9.77. The number of rotatable bonds is 2. The number of benzene rings is 2. The second-order valence-corrected chi connectivity index (χ2v) is 9.25. The normalized spacial score (nSPS) is 15.7. The molecule has 0 amide bonds. The lowest BCUT2D eigenvalue weighted by Gasteiger charge is -2.31. The van der Waals surface area contributed by atoms with Gasteiger partial charge < -0.3 is 0 Å². The molecule has 0 N–H and O–H groups in total. The Bertz CT molecular complexity index is 946. The van der Waals surface area contributed by atoms with Crippen LogP contribution in [0.15, 0.2) is 48.5 Å². The Labute approximate surface area is 165 Å².